The van der Waals surface area contributed by atoms with Crippen LogP contribution in [0, 0.1) is 5.92 Å². The van der Waals surface area contributed by atoms with E-state index in [-0.39, 0.29) is 11.7 Å². The van der Waals surface area contributed by atoms with E-state index in [0.717, 1.165) is 23.1 Å². The molecule has 1 atom stereocenters. The molecular weight excluding hydrogens is 416 g/mol. The van der Waals surface area contributed by atoms with Gasteiger partial charge in [0.15, 0.2) is 10.9 Å². The fraction of sp³-hybridized carbons (Fsp3) is 0.364. The van der Waals surface area contributed by atoms with Gasteiger partial charge in [-0.1, -0.05) is 18.7 Å². The minimum Gasteiger partial charge on any atom is -0.383 e. The first-order chi connectivity index (χ1) is 14.4. The van der Waals surface area contributed by atoms with Crippen molar-refractivity contribution in [1.82, 2.24) is 9.97 Å². The molecule has 2 heterocycles. The van der Waals surface area contributed by atoms with E-state index in [1.54, 1.807) is 35.6 Å². The van der Waals surface area contributed by atoms with E-state index >= 15 is 0 Å². The summed E-state index contributed by atoms with van der Waals surface area (Å²) in [4.78, 5) is 35.1. The summed E-state index contributed by atoms with van der Waals surface area (Å²) >= 11 is 3.17. The molecule has 0 fully saturated rings. The molecule has 156 valence electrons. The number of hydrogen-bond acceptors (Lipinski definition) is 7. The number of benzene rings is 1. The number of carbonyl (C=O) groups excluding carboxylic acids is 2. The number of hydrogen-bond donors (Lipinski definition) is 2. The molecule has 4 rings (SSSR count). The number of ketones is 1. The van der Waals surface area contributed by atoms with Crippen LogP contribution in [0.1, 0.15) is 47.5 Å². The Kier molecular flexibility index (Phi) is 6.06. The highest BCUT2D eigenvalue weighted by molar-refractivity contribution is 7.99. The van der Waals surface area contributed by atoms with E-state index in [0.29, 0.717) is 40.3 Å². The van der Waals surface area contributed by atoms with Gasteiger partial charge in [0.2, 0.25) is 5.91 Å². The normalized spacial score (nSPS) is 15.7. The highest BCUT2D eigenvalue weighted by atomic mass is 32.2. The number of aryl methyl sites for hydroxylation is 1. The lowest BCUT2D eigenvalue weighted by molar-refractivity contribution is -0.115. The molecule has 1 aliphatic carbocycles. The van der Waals surface area contributed by atoms with E-state index in [9.17, 15) is 9.59 Å². The van der Waals surface area contributed by atoms with Crippen LogP contribution in [0.25, 0.3) is 10.2 Å². The van der Waals surface area contributed by atoms with Crippen molar-refractivity contribution in [3.8, 4) is 0 Å². The summed E-state index contributed by atoms with van der Waals surface area (Å²) in [7, 11) is 0. The Hall–Kier alpha value is -2.45. The van der Waals surface area contributed by atoms with Crippen LogP contribution in [0.3, 0.4) is 0 Å². The predicted molar refractivity (Wildman–Crippen MR) is 123 cm³/mol. The van der Waals surface area contributed by atoms with E-state index in [4.69, 9.17) is 10.7 Å². The number of thiophene rings is 1. The molecule has 0 spiro atoms. The third kappa shape index (κ3) is 4.49. The lowest BCUT2D eigenvalue weighted by atomic mass is 9.89. The van der Waals surface area contributed by atoms with Crippen LogP contribution in [0.4, 0.5) is 11.5 Å². The number of nitrogens with one attached hydrogen (secondary N) is 1. The maximum Gasteiger partial charge on any atom is 0.225 e. The highest BCUT2D eigenvalue weighted by Crippen LogP contribution is 2.39. The maximum absolute atomic E-state index is 12.2. The Morgan fingerprint density at radius 1 is 1.27 bits per heavy atom. The third-order valence-electron chi connectivity index (χ3n) is 5.30. The molecule has 3 N–H and O–H groups in total. The first kappa shape index (κ1) is 20.8. The average molecular weight is 441 g/mol. The largest absolute Gasteiger partial charge is 0.383 e. The molecular formula is C22H24N4O2S2. The van der Waals surface area contributed by atoms with Gasteiger partial charge in [-0.15, -0.1) is 11.3 Å². The Bertz CT molecular complexity index is 1110. The summed E-state index contributed by atoms with van der Waals surface area (Å²) in [6, 6.07) is 6.89. The molecule has 1 aromatic carbocycles. The zero-order valence-electron chi connectivity index (χ0n) is 17.0. The fourth-order valence-corrected chi connectivity index (χ4v) is 5.90. The number of nitrogen functional groups attached to an aromatic ring is 1. The number of rotatable bonds is 6. The zero-order valence-corrected chi connectivity index (χ0v) is 18.7. The molecule has 30 heavy (non-hydrogen) atoms. The number of aromatic nitrogens is 2. The second-order valence-electron chi connectivity index (χ2n) is 7.70. The molecule has 6 nitrogen and oxygen atoms in total. The first-order valence-electron chi connectivity index (χ1n) is 10.0. The second-order valence-corrected chi connectivity index (χ2v) is 9.85. The van der Waals surface area contributed by atoms with Gasteiger partial charge in [-0.25, -0.2) is 9.97 Å². The summed E-state index contributed by atoms with van der Waals surface area (Å²) in [6.07, 6.45) is 3.65. The van der Waals surface area contributed by atoms with E-state index in [1.165, 1.54) is 35.5 Å². The van der Waals surface area contributed by atoms with E-state index in [1.807, 2.05) is 0 Å². The van der Waals surface area contributed by atoms with Crippen molar-refractivity contribution in [3.63, 3.8) is 0 Å². The van der Waals surface area contributed by atoms with Crippen LogP contribution in [-0.2, 0) is 17.6 Å². The molecule has 0 bridgehead atoms. The van der Waals surface area contributed by atoms with Crippen molar-refractivity contribution >= 4 is 56.5 Å². The Morgan fingerprint density at radius 2 is 2.03 bits per heavy atom. The molecule has 0 aliphatic heterocycles. The zero-order chi connectivity index (χ0) is 21.3. The van der Waals surface area contributed by atoms with Crippen LogP contribution in [-0.4, -0.2) is 27.4 Å². The Labute approximate surface area is 183 Å². The molecule has 0 unspecified atom stereocenters. The lowest BCUT2D eigenvalue weighted by Gasteiger charge is -2.17. The van der Waals surface area contributed by atoms with Crippen LogP contribution in [0.15, 0.2) is 29.4 Å². The van der Waals surface area contributed by atoms with Gasteiger partial charge in [-0.3, -0.25) is 9.59 Å². The average Bonchev–Trinajstić information content (AvgIpc) is 3.06. The minimum absolute atomic E-state index is 0.00150. The summed E-state index contributed by atoms with van der Waals surface area (Å²) < 4.78 is 0. The SMILES string of the molecule is CC(=O)c1ccc(NC(=O)CCSc2nc(N)c3c4c(sc3n2)C[C@H](C)CC4)cc1. The fourth-order valence-electron chi connectivity index (χ4n) is 3.66. The minimum atomic E-state index is -0.0901. The van der Waals surface area contributed by atoms with E-state index < -0.39 is 0 Å². The molecule has 0 radical (unpaired) electrons. The third-order valence-corrected chi connectivity index (χ3v) is 7.30. The van der Waals surface area contributed by atoms with Crippen LogP contribution in [0.2, 0.25) is 0 Å². The summed E-state index contributed by atoms with van der Waals surface area (Å²) in [6.45, 7) is 3.80. The summed E-state index contributed by atoms with van der Waals surface area (Å²) in [5.74, 6) is 1.72. The molecule has 1 aliphatic rings. The van der Waals surface area contributed by atoms with Gasteiger partial charge >= 0.3 is 0 Å². The lowest BCUT2D eigenvalue weighted by Crippen LogP contribution is -2.12. The van der Waals surface area contributed by atoms with Crippen molar-refractivity contribution in [3.05, 3.63) is 40.3 Å². The topological polar surface area (TPSA) is 98.0 Å². The van der Waals surface area contributed by atoms with Crippen molar-refractivity contribution in [1.29, 1.82) is 0 Å². The number of nitrogens with two attached hydrogens (primary N) is 1. The molecule has 0 saturated heterocycles. The number of Topliss-reactive ketones (excluding diaryl/α,β-unsaturated/α-hetero) is 1. The van der Waals surface area contributed by atoms with Crippen molar-refractivity contribution < 1.29 is 9.59 Å². The standard InChI is InChI=1S/C22H24N4O2S2/c1-12-3-8-16-17(11-12)30-21-19(16)20(23)25-22(26-21)29-10-9-18(28)24-15-6-4-14(5-7-15)13(2)27/h4-7,12H,3,8-11H2,1-2H3,(H,24,28)(H2,23,25,26)/t12-/m1/s1. The maximum atomic E-state index is 12.2. The Balaban J connectivity index is 1.36. The molecule has 0 saturated carbocycles. The highest BCUT2D eigenvalue weighted by Gasteiger charge is 2.23. The molecule has 8 heteroatoms. The predicted octanol–water partition coefficient (Wildman–Crippen LogP) is 4.72. The van der Waals surface area contributed by atoms with Gasteiger partial charge in [0.25, 0.3) is 0 Å². The van der Waals surface area contributed by atoms with Gasteiger partial charge in [0.05, 0.1) is 5.39 Å². The summed E-state index contributed by atoms with van der Waals surface area (Å²) in [5, 5.41) is 4.49. The Morgan fingerprint density at radius 3 is 2.77 bits per heavy atom. The number of amides is 1. The van der Waals surface area contributed by atoms with Gasteiger partial charge in [-0.2, -0.15) is 0 Å². The van der Waals surface area contributed by atoms with E-state index in [2.05, 4.69) is 17.2 Å². The number of anilines is 2. The monoisotopic (exact) mass is 440 g/mol. The summed E-state index contributed by atoms with van der Waals surface area (Å²) in [5.41, 5.74) is 8.90. The van der Waals surface area contributed by atoms with Crippen LogP contribution >= 0.6 is 23.1 Å². The van der Waals surface area contributed by atoms with Crippen molar-refractivity contribution in [2.75, 3.05) is 16.8 Å². The second kappa shape index (κ2) is 8.73. The molecule has 1 amide bonds. The van der Waals surface area contributed by atoms with Crippen molar-refractivity contribution in [2.24, 2.45) is 5.92 Å². The number of carbonyl (C=O) groups is 2. The van der Waals surface area contributed by atoms with Crippen molar-refractivity contribution in [2.45, 2.75) is 44.7 Å². The van der Waals surface area contributed by atoms with Gasteiger partial charge in [-0.05, 0) is 61.9 Å². The molecule has 2 aromatic heterocycles. The quantitative estimate of drug-likeness (QED) is 0.327. The van der Waals surface area contributed by atoms with Gasteiger partial charge in [0, 0.05) is 28.3 Å². The number of fused-ring (bicyclic) bond motifs is 3. The van der Waals surface area contributed by atoms with Gasteiger partial charge in [0.1, 0.15) is 10.6 Å². The number of nitrogens with zero attached hydrogens (tertiary/aromatic N) is 2. The smallest absolute Gasteiger partial charge is 0.225 e. The number of thioether (sulfide) groups is 1. The first-order valence-corrected chi connectivity index (χ1v) is 11.8. The van der Waals surface area contributed by atoms with Crippen LogP contribution in [0.5, 0.6) is 0 Å². The van der Waals surface area contributed by atoms with Crippen LogP contribution < -0.4 is 11.1 Å². The molecule has 3 aromatic rings. The van der Waals surface area contributed by atoms with Gasteiger partial charge < -0.3 is 11.1 Å².